The van der Waals surface area contributed by atoms with Gasteiger partial charge in [0.1, 0.15) is 0 Å². The summed E-state index contributed by atoms with van der Waals surface area (Å²) in [5.41, 5.74) is 7.37. The molecule has 1 aliphatic rings. The molecular weight excluding hydrogens is 310 g/mol. The number of anilines is 2. The predicted octanol–water partition coefficient (Wildman–Crippen LogP) is 1.38. The van der Waals surface area contributed by atoms with Gasteiger partial charge in [0.05, 0.1) is 31.6 Å². The maximum Gasteiger partial charge on any atom is 0.340 e. The molecule has 0 aliphatic carbocycles. The Morgan fingerprint density at radius 2 is 2.08 bits per heavy atom. The molecule has 0 aromatic heterocycles. The van der Waals surface area contributed by atoms with Crippen molar-refractivity contribution in [1.82, 2.24) is 0 Å². The van der Waals surface area contributed by atoms with Crippen molar-refractivity contribution in [3.63, 3.8) is 0 Å². The number of hydrogen-bond donors (Lipinski definition) is 2. The minimum atomic E-state index is -0.479. The smallest absolute Gasteiger partial charge is 0.340 e. The Morgan fingerprint density at radius 3 is 2.71 bits per heavy atom. The minimum Gasteiger partial charge on any atom is -0.465 e. The molecule has 132 valence electrons. The van der Waals surface area contributed by atoms with Crippen LogP contribution in [-0.2, 0) is 14.3 Å². The summed E-state index contributed by atoms with van der Waals surface area (Å²) in [4.78, 5) is 26.2. The molecule has 1 aromatic carbocycles. The number of nitrogens with two attached hydrogens (primary N) is 1. The van der Waals surface area contributed by atoms with E-state index in [0.29, 0.717) is 37.3 Å². The fraction of sp³-hybridized carbons (Fsp3) is 0.529. The van der Waals surface area contributed by atoms with Gasteiger partial charge in [0.15, 0.2) is 0 Å². The van der Waals surface area contributed by atoms with Crippen LogP contribution in [0.1, 0.15) is 30.1 Å². The predicted molar refractivity (Wildman–Crippen MR) is 92.3 cm³/mol. The molecule has 24 heavy (non-hydrogen) atoms. The molecule has 1 amide bonds. The van der Waals surface area contributed by atoms with Gasteiger partial charge in [0.25, 0.3) is 0 Å². The van der Waals surface area contributed by atoms with E-state index in [4.69, 9.17) is 15.2 Å². The van der Waals surface area contributed by atoms with Crippen molar-refractivity contribution < 1.29 is 19.1 Å². The lowest BCUT2D eigenvalue weighted by Gasteiger charge is -2.29. The van der Waals surface area contributed by atoms with Gasteiger partial charge in [-0.1, -0.05) is 0 Å². The number of carbonyl (C=O) groups is 2. The minimum absolute atomic E-state index is 0.0421. The summed E-state index contributed by atoms with van der Waals surface area (Å²) in [7, 11) is 1.32. The zero-order valence-corrected chi connectivity index (χ0v) is 14.2. The fourth-order valence-corrected chi connectivity index (χ4v) is 2.51. The van der Waals surface area contributed by atoms with E-state index in [0.717, 1.165) is 18.8 Å². The van der Waals surface area contributed by atoms with Gasteiger partial charge in [0, 0.05) is 31.2 Å². The Hall–Kier alpha value is -2.12. The second kappa shape index (κ2) is 8.65. The summed E-state index contributed by atoms with van der Waals surface area (Å²) in [6.45, 7) is 4.69. The third-order valence-corrected chi connectivity index (χ3v) is 3.89. The summed E-state index contributed by atoms with van der Waals surface area (Å²) < 4.78 is 10.2. The van der Waals surface area contributed by atoms with E-state index >= 15 is 0 Å². The number of nitrogens with one attached hydrogen (secondary N) is 1. The van der Waals surface area contributed by atoms with Gasteiger partial charge in [-0.25, -0.2) is 4.79 Å². The Bertz CT molecular complexity index is 583. The second-order valence-electron chi connectivity index (χ2n) is 5.89. The van der Waals surface area contributed by atoms with Crippen LogP contribution in [0.15, 0.2) is 18.2 Å². The fourth-order valence-electron chi connectivity index (χ4n) is 2.51. The maximum absolute atomic E-state index is 12.1. The summed E-state index contributed by atoms with van der Waals surface area (Å²) in [6.07, 6.45) is 0.898. The van der Waals surface area contributed by atoms with Crippen molar-refractivity contribution in [2.24, 2.45) is 5.73 Å². The number of nitrogens with zero attached hydrogens (tertiary/aromatic N) is 1. The summed E-state index contributed by atoms with van der Waals surface area (Å²) >= 11 is 0. The molecule has 7 heteroatoms. The van der Waals surface area contributed by atoms with Crippen molar-refractivity contribution in [2.45, 2.75) is 25.8 Å². The third kappa shape index (κ3) is 4.94. The monoisotopic (exact) mass is 335 g/mol. The standard InChI is InChI=1S/C17H25N3O4/c1-12(18)3-6-16(21)19-15-5-4-13(11-14(15)17(22)23-2)20-7-9-24-10-8-20/h4-5,11-12H,3,6-10,18H2,1-2H3,(H,19,21). The lowest BCUT2D eigenvalue weighted by molar-refractivity contribution is -0.116. The average molecular weight is 335 g/mol. The molecule has 2 rings (SSSR count). The van der Waals surface area contributed by atoms with Crippen LogP contribution in [0, 0.1) is 0 Å². The lowest BCUT2D eigenvalue weighted by atomic mass is 10.1. The quantitative estimate of drug-likeness (QED) is 0.763. The van der Waals surface area contributed by atoms with E-state index in [-0.39, 0.29) is 11.9 Å². The van der Waals surface area contributed by atoms with E-state index in [1.165, 1.54) is 7.11 Å². The maximum atomic E-state index is 12.1. The molecule has 1 unspecified atom stereocenters. The van der Waals surface area contributed by atoms with Gasteiger partial charge in [-0.05, 0) is 31.5 Å². The number of carbonyl (C=O) groups excluding carboxylic acids is 2. The molecule has 1 atom stereocenters. The number of ether oxygens (including phenoxy) is 2. The molecule has 0 saturated carbocycles. The van der Waals surface area contributed by atoms with Crippen LogP contribution in [0.2, 0.25) is 0 Å². The molecule has 1 fully saturated rings. The number of methoxy groups -OCH3 is 1. The van der Waals surface area contributed by atoms with Gasteiger partial charge >= 0.3 is 5.97 Å². The van der Waals surface area contributed by atoms with Gasteiger partial charge in [0.2, 0.25) is 5.91 Å². The number of morpholine rings is 1. The second-order valence-corrected chi connectivity index (χ2v) is 5.89. The number of benzene rings is 1. The SMILES string of the molecule is COC(=O)c1cc(N2CCOCC2)ccc1NC(=O)CCC(C)N. The van der Waals surface area contributed by atoms with Crippen molar-refractivity contribution in [1.29, 1.82) is 0 Å². The van der Waals surface area contributed by atoms with E-state index < -0.39 is 5.97 Å². The third-order valence-electron chi connectivity index (χ3n) is 3.89. The number of amides is 1. The zero-order chi connectivity index (χ0) is 17.5. The first-order valence-electron chi connectivity index (χ1n) is 8.11. The highest BCUT2D eigenvalue weighted by molar-refractivity contribution is 6.02. The normalized spacial score (nSPS) is 15.7. The summed E-state index contributed by atoms with van der Waals surface area (Å²) in [5.74, 6) is -0.649. The Kier molecular flexibility index (Phi) is 6.57. The van der Waals surface area contributed by atoms with Crippen LogP contribution in [0.5, 0.6) is 0 Å². The van der Waals surface area contributed by atoms with Gasteiger partial charge < -0.3 is 25.4 Å². The molecular formula is C17H25N3O4. The van der Waals surface area contributed by atoms with Gasteiger partial charge in [-0.2, -0.15) is 0 Å². The molecule has 1 heterocycles. The van der Waals surface area contributed by atoms with Crippen molar-refractivity contribution in [3.8, 4) is 0 Å². The van der Waals surface area contributed by atoms with Crippen LogP contribution in [0.4, 0.5) is 11.4 Å². The molecule has 1 saturated heterocycles. The van der Waals surface area contributed by atoms with Crippen molar-refractivity contribution >= 4 is 23.3 Å². The van der Waals surface area contributed by atoms with Crippen LogP contribution in [0.3, 0.4) is 0 Å². The summed E-state index contributed by atoms with van der Waals surface area (Å²) in [6, 6.07) is 5.33. The number of esters is 1. The van der Waals surface area contributed by atoms with Crippen LogP contribution < -0.4 is 16.0 Å². The highest BCUT2D eigenvalue weighted by Crippen LogP contribution is 2.25. The zero-order valence-electron chi connectivity index (χ0n) is 14.2. The Balaban J connectivity index is 2.17. The molecule has 3 N–H and O–H groups in total. The topological polar surface area (TPSA) is 93.9 Å². The Labute approximate surface area is 142 Å². The van der Waals surface area contributed by atoms with Gasteiger partial charge in [-0.3, -0.25) is 4.79 Å². The summed E-state index contributed by atoms with van der Waals surface area (Å²) in [5, 5.41) is 2.77. The first kappa shape index (κ1) is 18.2. The first-order chi connectivity index (χ1) is 11.5. The van der Waals surface area contributed by atoms with Gasteiger partial charge in [-0.15, -0.1) is 0 Å². The van der Waals surface area contributed by atoms with E-state index in [2.05, 4.69) is 10.2 Å². The van der Waals surface area contributed by atoms with E-state index in [1.807, 2.05) is 13.0 Å². The van der Waals surface area contributed by atoms with E-state index in [9.17, 15) is 9.59 Å². The highest BCUT2D eigenvalue weighted by Gasteiger charge is 2.18. The number of hydrogen-bond acceptors (Lipinski definition) is 6. The van der Waals surface area contributed by atoms with Crippen molar-refractivity contribution in [2.75, 3.05) is 43.6 Å². The Morgan fingerprint density at radius 1 is 1.38 bits per heavy atom. The number of rotatable bonds is 6. The largest absolute Gasteiger partial charge is 0.465 e. The molecule has 0 radical (unpaired) electrons. The highest BCUT2D eigenvalue weighted by atomic mass is 16.5. The molecule has 0 bridgehead atoms. The van der Waals surface area contributed by atoms with Crippen LogP contribution >= 0.6 is 0 Å². The van der Waals surface area contributed by atoms with E-state index in [1.54, 1.807) is 12.1 Å². The average Bonchev–Trinajstić information content (AvgIpc) is 2.60. The molecule has 1 aromatic rings. The molecule has 1 aliphatic heterocycles. The van der Waals surface area contributed by atoms with Crippen LogP contribution in [-0.4, -0.2) is 51.3 Å². The lowest BCUT2D eigenvalue weighted by Crippen LogP contribution is -2.36. The van der Waals surface area contributed by atoms with Crippen LogP contribution in [0.25, 0.3) is 0 Å². The molecule has 7 nitrogen and oxygen atoms in total. The molecule has 0 spiro atoms. The first-order valence-corrected chi connectivity index (χ1v) is 8.11. The van der Waals surface area contributed by atoms with Crippen molar-refractivity contribution in [3.05, 3.63) is 23.8 Å².